The third kappa shape index (κ3) is 8.25. The van der Waals surface area contributed by atoms with Crippen molar-refractivity contribution in [3.05, 3.63) is 71.5 Å². The highest BCUT2D eigenvalue weighted by molar-refractivity contribution is 6.31. The van der Waals surface area contributed by atoms with Crippen molar-refractivity contribution < 1.29 is 9.47 Å². The lowest BCUT2D eigenvalue weighted by Crippen LogP contribution is -2.47. The number of anilines is 3. The molecule has 2 aromatic carbocycles. The van der Waals surface area contributed by atoms with Crippen LogP contribution in [0.2, 0.25) is 5.02 Å². The lowest BCUT2D eigenvalue weighted by atomic mass is 9.92. The van der Waals surface area contributed by atoms with Crippen LogP contribution < -0.4 is 25.4 Å². The van der Waals surface area contributed by atoms with Gasteiger partial charge in [0.05, 0.1) is 19.0 Å². The van der Waals surface area contributed by atoms with Crippen LogP contribution in [0.3, 0.4) is 0 Å². The molecular formula is C30H39ClN6O2. The Morgan fingerprint density at radius 2 is 1.90 bits per heavy atom. The maximum Gasteiger partial charge on any atom is 0.243 e. The minimum Gasteiger partial charge on any atom is -0.494 e. The molecule has 3 aromatic rings. The van der Waals surface area contributed by atoms with Crippen molar-refractivity contribution in [1.29, 1.82) is 0 Å². The Hall–Kier alpha value is -3.49. The minimum atomic E-state index is 0.264. The molecule has 1 fully saturated rings. The largest absolute Gasteiger partial charge is 0.494 e. The first-order chi connectivity index (χ1) is 18.7. The van der Waals surface area contributed by atoms with Gasteiger partial charge >= 0.3 is 0 Å². The molecule has 9 heteroatoms. The van der Waals surface area contributed by atoms with Crippen LogP contribution in [0.5, 0.6) is 17.4 Å². The summed E-state index contributed by atoms with van der Waals surface area (Å²) >= 11 is 6.35. The smallest absolute Gasteiger partial charge is 0.243 e. The molecule has 0 radical (unpaired) electrons. The van der Waals surface area contributed by atoms with Gasteiger partial charge in [0.2, 0.25) is 11.8 Å². The summed E-state index contributed by atoms with van der Waals surface area (Å²) < 4.78 is 11.7. The number of halogens is 1. The van der Waals surface area contributed by atoms with Crippen LogP contribution in [0.25, 0.3) is 0 Å². The Balaban J connectivity index is 1.42. The van der Waals surface area contributed by atoms with E-state index in [0.717, 1.165) is 49.7 Å². The molecule has 39 heavy (non-hydrogen) atoms. The topological polar surface area (TPSA) is 88.8 Å². The first-order valence-corrected chi connectivity index (χ1v) is 13.7. The molecule has 0 atom stereocenters. The Kier molecular flexibility index (Phi) is 9.54. The van der Waals surface area contributed by atoms with E-state index in [0.29, 0.717) is 34.3 Å². The Labute approximate surface area is 236 Å². The van der Waals surface area contributed by atoms with E-state index < -0.39 is 0 Å². The predicted octanol–water partition coefficient (Wildman–Crippen LogP) is 6.25. The quantitative estimate of drug-likeness (QED) is 0.306. The zero-order valence-electron chi connectivity index (χ0n) is 23.3. The predicted molar refractivity (Wildman–Crippen MR) is 160 cm³/mol. The molecule has 0 saturated carbocycles. The second kappa shape index (κ2) is 13.0. The molecule has 1 aromatic heterocycles. The summed E-state index contributed by atoms with van der Waals surface area (Å²) in [6, 6.07) is 13.9. The maximum absolute atomic E-state index is 6.35. The molecule has 0 spiro atoms. The Bertz CT molecular complexity index is 1270. The standard InChI is InChI=1S/C30H39ClN6O2/c1-30(2,3)12-14-36-15-17-37(18-16-36)23-10-11-26(27(20-23)38-4)34-29-33-21-25(31)28(35-29)39-24-9-5-7-22(19-24)8-6-13-32/h5-7,9-11,13,19-21H,8,12,14-18,32H2,1-4H3,(H,33,34,35). The van der Waals surface area contributed by atoms with Crippen LogP contribution in [-0.4, -0.2) is 54.7 Å². The van der Waals surface area contributed by atoms with E-state index in [1.54, 1.807) is 7.11 Å². The summed E-state index contributed by atoms with van der Waals surface area (Å²) in [5.41, 5.74) is 8.79. The zero-order valence-corrected chi connectivity index (χ0v) is 24.0. The molecule has 4 rings (SSSR count). The van der Waals surface area contributed by atoms with Gasteiger partial charge in [-0.1, -0.05) is 50.6 Å². The number of hydrogen-bond acceptors (Lipinski definition) is 8. The van der Waals surface area contributed by atoms with E-state index in [2.05, 4.69) is 58.0 Å². The Morgan fingerprint density at radius 3 is 2.62 bits per heavy atom. The number of rotatable bonds is 10. The number of piperazine rings is 1. The summed E-state index contributed by atoms with van der Waals surface area (Å²) in [6.07, 6.45) is 6.85. The van der Waals surface area contributed by atoms with Crippen LogP contribution in [0.15, 0.2) is 60.9 Å². The van der Waals surface area contributed by atoms with E-state index >= 15 is 0 Å². The number of nitrogens with one attached hydrogen (secondary N) is 1. The number of benzene rings is 2. The van der Waals surface area contributed by atoms with E-state index in [1.165, 1.54) is 18.8 Å². The normalized spacial score (nSPS) is 14.5. The van der Waals surface area contributed by atoms with E-state index in [-0.39, 0.29) is 5.88 Å². The van der Waals surface area contributed by atoms with Crippen molar-refractivity contribution in [3.63, 3.8) is 0 Å². The summed E-state index contributed by atoms with van der Waals surface area (Å²) in [5, 5.41) is 3.56. The highest BCUT2D eigenvalue weighted by Gasteiger charge is 2.20. The zero-order chi connectivity index (χ0) is 27.8. The van der Waals surface area contributed by atoms with Gasteiger partial charge in [-0.3, -0.25) is 4.90 Å². The SMILES string of the molecule is COc1cc(N2CCN(CCC(C)(C)C)CC2)ccc1Nc1ncc(Cl)c(Oc2cccc(CC=CN)c2)n1. The van der Waals surface area contributed by atoms with Crippen LogP contribution in [-0.2, 0) is 6.42 Å². The number of allylic oxidation sites excluding steroid dienone is 1. The average molecular weight is 551 g/mol. The molecule has 208 valence electrons. The van der Waals surface area contributed by atoms with Gasteiger partial charge in [0.15, 0.2) is 0 Å². The fourth-order valence-corrected chi connectivity index (χ4v) is 4.49. The highest BCUT2D eigenvalue weighted by Crippen LogP contribution is 2.34. The van der Waals surface area contributed by atoms with Gasteiger partial charge in [0, 0.05) is 37.9 Å². The van der Waals surface area contributed by atoms with Crippen molar-refractivity contribution in [3.8, 4) is 17.4 Å². The highest BCUT2D eigenvalue weighted by atomic mass is 35.5. The van der Waals surface area contributed by atoms with Gasteiger partial charge in [0.1, 0.15) is 16.5 Å². The number of nitrogens with two attached hydrogens (primary N) is 1. The van der Waals surface area contributed by atoms with Crippen molar-refractivity contribution in [1.82, 2.24) is 14.9 Å². The lowest BCUT2D eigenvalue weighted by molar-refractivity contribution is 0.217. The Morgan fingerprint density at radius 1 is 1.10 bits per heavy atom. The first kappa shape index (κ1) is 28.5. The van der Waals surface area contributed by atoms with E-state index in [4.69, 9.17) is 26.8 Å². The monoisotopic (exact) mass is 550 g/mol. The summed E-state index contributed by atoms with van der Waals surface area (Å²) in [5.74, 6) is 1.96. The average Bonchev–Trinajstić information content (AvgIpc) is 2.93. The molecule has 1 aliphatic rings. The number of hydrogen-bond donors (Lipinski definition) is 2. The number of aromatic nitrogens is 2. The van der Waals surface area contributed by atoms with Crippen molar-refractivity contribution >= 4 is 28.9 Å². The van der Waals surface area contributed by atoms with Crippen LogP contribution in [0, 0.1) is 5.41 Å². The molecule has 1 aliphatic heterocycles. The van der Waals surface area contributed by atoms with Gasteiger partial charge in [0.25, 0.3) is 0 Å². The minimum absolute atomic E-state index is 0.264. The van der Waals surface area contributed by atoms with Crippen LogP contribution in [0.4, 0.5) is 17.3 Å². The number of nitrogens with zero attached hydrogens (tertiary/aromatic N) is 4. The van der Waals surface area contributed by atoms with Crippen molar-refractivity contribution in [2.45, 2.75) is 33.6 Å². The molecule has 0 unspecified atom stereocenters. The van der Waals surface area contributed by atoms with Gasteiger partial charge < -0.3 is 25.4 Å². The van der Waals surface area contributed by atoms with Gasteiger partial charge in [-0.25, -0.2) is 4.98 Å². The second-order valence-electron chi connectivity index (χ2n) is 10.9. The molecular weight excluding hydrogens is 512 g/mol. The van der Waals surface area contributed by atoms with Crippen LogP contribution in [0.1, 0.15) is 32.8 Å². The molecule has 3 N–H and O–H groups in total. The maximum atomic E-state index is 6.35. The van der Waals surface area contributed by atoms with Crippen molar-refractivity contribution in [2.24, 2.45) is 11.1 Å². The number of methoxy groups -OCH3 is 1. The third-order valence-electron chi connectivity index (χ3n) is 6.66. The summed E-state index contributed by atoms with van der Waals surface area (Å²) in [4.78, 5) is 13.8. The van der Waals surface area contributed by atoms with Gasteiger partial charge in [-0.15, -0.1) is 0 Å². The number of ether oxygens (including phenoxy) is 2. The van der Waals surface area contributed by atoms with Crippen LogP contribution >= 0.6 is 11.6 Å². The fourth-order valence-electron chi connectivity index (χ4n) is 4.36. The molecule has 0 amide bonds. The van der Waals surface area contributed by atoms with E-state index in [9.17, 15) is 0 Å². The van der Waals surface area contributed by atoms with E-state index in [1.807, 2.05) is 36.4 Å². The third-order valence-corrected chi connectivity index (χ3v) is 6.92. The molecule has 0 aliphatic carbocycles. The lowest BCUT2D eigenvalue weighted by Gasteiger charge is -2.37. The molecule has 8 nitrogen and oxygen atoms in total. The first-order valence-electron chi connectivity index (χ1n) is 13.3. The van der Waals surface area contributed by atoms with Gasteiger partial charge in [-0.05, 0) is 60.8 Å². The summed E-state index contributed by atoms with van der Waals surface area (Å²) in [7, 11) is 1.67. The molecule has 1 saturated heterocycles. The molecule has 0 bridgehead atoms. The fraction of sp³-hybridized carbons (Fsp3) is 0.400. The molecule has 2 heterocycles. The van der Waals surface area contributed by atoms with Crippen molar-refractivity contribution in [2.75, 3.05) is 50.1 Å². The summed E-state index contributed by atoms with van der Waals surface area (Å²) in [6.45, 7) is 12.2. The van der Waals surface area contributed by atoms with Gasteiger partial charge in [-0.2, -0.15) is 4.98 Å². The second-order valence-corrected chi connectivity index (χ2v) is 11.3.